The number of hydrogen-bond acceptors (Lipinski definition) is 9. The van der Waals surface area contributed by atoms with Crippen LogP contribution >= 0.6 is 0 Å². The molecule has 2 aliphatic rings. The standard InChI is InChI=1S/C17H22N6O.C6H7NO.C2H6OS.H2/c1-16(2)7-11-17(3,9-24-16)10-8-20-15(19)22-14(10)23(11)13-6-4-5-12(18)21-13;1-7-5-3-2-4-6(7)8;1-4(2)3;/h4-6,8,11H,7,9H2,1-3H3,(H2,18,21)(H2,19,20,22);2-5H,1H3;1-2H3;1H/t11-,17-;;;/m1.../s1. The first kappa shape index (κ1) is 27.3. The first-order chi connectivity index (χ1) is 16.8. The van der Waals surface area contributed by atoms with Gasteiger partial charge in [-0.05, 0) is 38.5 Å². The summed E-state index contributed by atoms with van der Waals surface area (Å²) in [4.78, 5) is 26.0. The van der Waals surface area contributed by atoms with Gasteiger partial charge in [0, 0.05) is 61.2 Å². The predicted octanol–water partition coefficient (Wildman–Crippen LogP) is 2.64. The van der Waals surface area contributed by atoms with Gasteiger partial charge in [-0.2, -0.15) is 4.98 Å². The third-order valence-electron chi connectivity index (χ3n) is 6.14. The molecule has 0 spiro atoms. The van der Waals surface area contributed by atoms with Crippen LogP contribution in [-0.2, 0) is 28.0 Å². The molecule has 4 N–H and O–H groups in total. The minimum atomic E-state index is -0.611. The Morgan fingerprint density at radius 1 is 1.11 bits per heavy atom. The average molecular weight is 516 g/mol. The van der Waals surface area contributed by atoms with Gasteiger partial charge in [0.2, 0.25) is 11.5 Å². The fourth-order valence-electron chi connectivity index (χ4n) is 4.29. The number of aromatic nitrogens is 4. The van der Waals surface area contributed by atoms with Gasteiger partial charge in [-0.1, -0.05) is 19.1 Å². The van der Waals surface area contributed by atoms with E-state index in [4.69, 9.17) is 16.2 Å². The summed E-state index contributed by atoms with van der Waals surface area (Å²) in [7, 11) is 1.11. The van der Waals surface area contributed by atoms with E-state index in [-0.39, 0.29) is 30.0 Å². The van der Waals surface area contributed by atoms with Gasteiger partial charge in [-0.25, -0.2) is 9.97 Å². The lowest BCUT2D eigenvalue weighted by Crippen LogP contribution is -2.54. The molecule has 5 heterocycles. The van der Waals surface area contributed by atoms with Crippen molar-refractivity contribution in [2.24, 2.45) is 7.05 Å². The Morgan fingerprint density at radius 2 is 1.81 bits per heavy atom. The molecule has 196 valence electrons. The lowest BCUT2D eigenvalue weighted by molar-refractivity contribution is -0.0893. The van der Waals surface area contributed by atoms with Crippen LogP contribution in [0.5, 0.6) is 0 Å². The maximum absolute atomic E-state index is 10.6. The Balaban J connectivity index is 0.000000310. The number of fused-ring (bicyclic) bond motifs is 3. The quantitative estimate of drug-likeness (QED) is 0.500. The number of aryl methyl sites for hydroxylation is 1. The average Bonchev–Trinajstić information content (AvgIpc) is 3.02. The minimum absolute atomic E-state index is 0. The van der Waals surface area contributed by atoms with Gasteiger partial charge in [-0.15, -0.1) is 0 Å². The van der Waals surface area contributed by atoms with E-state index in [0.29, 0.717) is 12.4 Å². The van der Waals surface area contributed by atoms with Crippen LogP contribution in [0.1, 0.15) is 34.2 Å². The molecule has 36 heavy (non-hydrogen) atoms. The fraction of sp³-hybridized carbons (Fsp3) is 0.440. The molecule has 0 radical (unpaired) electrons. The largest absolute Gasteiger partial charge is 0.384 e. The number of nitrogen functional groups attached to an aromatic ring is 2. The molecule has 3 aromatic rings. The molecule has 0 amide bonds. The summed E-state index contributed by atoms with van der Waals surface area (Å²) in [5.74, 6) is 2.32. The molecule has 0 saturated carbocycles. The Kier molecular flexibility index (Phi) is 8.15. The number of rotatable bonds is 1. The van der Waals surface area contributed by atoms with Crippen molar-refractivity contribution in [1.29, 1.82) is 0 Å². The molecule has 0 aliphatic carbocycles. The lowest BCUT2D eigenvalue weighted by Gasteiger charge is -2.46. The molecule has 5 rings (SSSR count). The third-order valence-corrected chi connectivity index (χ3v) is 6.14. The van der Waals surface area contributed by atoms with Crippen molar-refractivity contribution in [2.45, 2.75) is 44.2 Å². The number of anilines is 4. The first-order valence-electron chi connectivity index (χ1n) is 11.5. The van der Waals surface area contributed by atoms with Crippen LogP contribution in [0.2, 0.25) is 0 Å². The maximum atomic E-state index is 10.6. The SMILES string of the molecule is CC1(C)C[C@H]2N(c3cccc(N)n3)c3nc(N)ncc3[C@@]2(C)CO1.CS(C)=O.Cn1ccccc1=O.[HH]. The van der Waals surface area contributed by atoms with Gasteiger partial charge in [0.1, 0.15) is 17.5 Å². The van der Waals surface area contributed by atoms with E-state index in [1.165, 1.54) is 10.6 Å². The smallest absolute Gasteiger partial charge is 0.250 e. The number of ether oxygens (including phenoxy) is 1. The number of nitrogens with zero attached hydrogens (tertiary/aromatic N) is 5. The van der Waals surface area contributed by atoms with E-state index in [9.17, 15) is 9.00 Å². The van der Waals surface area contributed by atoms with Crippen LogP contribution in [-0.4, -0.2) is 54.5 Å². The molecule has 1 fully saturated rings. The van der Waals surface area contributed by atoms with E-state index >= 15 is 0 Å². The maximum Gasteiger partial charge on any atom is 0.250 e. The third kappa shape index (κ3) is 6.08. The van der Waals surface area contributed by atoms with E-state index in [2.05, 4.69) is 40.6 Å². The molecule has 2 atom stereocenters. The van der Waals surface area contributed by atoms with E-state index < -0.39 is 10.8 Å². The van der Waals surface area contributed by atoms with Gasteiger partial charge in [-0.3, -0.25) is 9.00 Å². The Morgan fingerprint density at radius 3 is 2.39 bits per heavy atom. The molecule has 0 aromatic carbocycles. The molecule has 0 unspecified atom stereocenters. The van der Waals surface area contributed by atoms with Gasteiger partial charge < -0.3 is 25.7 Å². The Hall–Kier alpha value is -3.31. The van der Waals surface area contributed by atoms with Gasteiger partial charge in [0.05, 0.1) is 18.2 Å². The molecule has 3 aromatic heterocycles. The second kappa shape index (κ2) is 10.8. The number of nitrogens with two attached hydrogens (primary N) is 2. The summed E-state index contributed by atoms with van der Waals surface area (Å²) in [5, 5.41) is 0. The Bertz CT molecular complexity index is 1300. The van der Waals surface area contributed by atoms with Crippen molar-refractivity contribution < 1.29 is 10.4 Å². The van der Waals surface area contributed by atoms with Crippen LogP contribution in [0.4, 0.5) is 23.4 Å². The second-order valence-electron chi connectivity index (χ2n) is 9.83. The molecular weight excluding hydrogens is 478 g/mol. The highest BCUT2D eigenvalue weighted by atomic mass is 32.2. The molecule has 2 aliphatic heterocycles. The predicted molar refractivity (Wildman–Crippen MR) is 147 cm³/mol. The second-order valence-corrected chi connectivity index (χ2v) is 11.3. The first-order valence-corrected chi connectivity index (χ1v) is 13.5. The highest BCUT2D eigenvalue weighted by molar-refractivity contribution is 7.83. The van der Waals surface area contributed by atoms with Gasteiger partial charge in [0.25, 0.3) is 0 Å². The summed E-state index contributed by atoms with van der Waals surface area (Å²) < 4.78 is 17.2. The zero-order valence-corrected chi connectivity index (χ0v) is 22.5. The minimum Gasteiger partial charge on any atom is -0.384 e. The van der Waals surface area contributed by atoms with Crippen molar-refractivity contribution in [3.05, 3.63) is 64.7 Å². The van der Waals surface area contributed by atoms with Crippen LogP contribution in [0.25, 0.3) is 0 Å². The molecule has 11 heteroatoms. The van der Waals surface area contributed by atoms with E-state index in [1.807, 2.05) is 24.4 Å². The molecule has 10 nitrogen and oxygen atoms in total. The van der Waals surface area contributed by atoms with E-state index in [0.717, 1.165) is 23.6 Å². The number of hydrogen-bond donors (Lipinski definition) is 2. The van der Waals surface area contributed by atoms with Crippen LogP contribution in [0.15, 0.2) is 53.6 Å². The molecule has 0 bridgehead atoms. The van der Waals surface area contributed by atoms with E-state index in [1.54, 1.807) is 37.9 Å². The zero-order chi connectivity index (χ0) is 26.7. The summed E-state index contributed by atoms with van der Waals surface area (Å²) in [5.41, 5.74) is 12.4. The topological polar surface area (TPSA) is 142 Å². The van der Waals surface area contributed by atoms with Crippen molar-refractivity contribution in [3.63, 3.8) is 0 Å². The summed E-state index contributed by atoms with van der Waals surface area (Å²) in [6.45, 7) is 7.02. The molecular formula is C25H37N7O3S. The van der Waals surface area contributed by atoms with Gasteiger partial charge in [0.15, 0.2) is 0 Å². The van der Waals surface area contributed by atoms with Crippen molar-refractivity contribution in [1.82, 2.24) is 19.5 Å². The highest BCUT2D eigenvalue weighted by Gasteiger charge is 2.55. The van der Waals surface area contributed by atoms with Crippen LogP contribution < -0.4 is 21.9 Å². The van der Waals surface area contributed by atoms with Crippen molar-refractivity contribution >= 4 is 34.2 Å². The Labute approximate surface area is 215 Å². The summed E-state index contributed by atoms with van der Waals surface area (Å²) in [6.07, 6.45) is 7.66. The summed E-state index contributed by atoms with van der Waals surface area (Å²) >= 11 is 0. The number of pyridine rings is 2. The fourth-order valence-corrected chi connectivity index (χ4v) is 4.29. The van der Waals surface area contributed by atoms with Crippen molar-refractivity contribution in [3.8, 4) is 0 Å². The van der Waals surface area contributed by atoms with Crippen LogP contribution in [0, 0.1) is 0 Å². The van der Waals surface area contributed by atoms with Crippen molar-refractivity contribution in [2.75, 3.05) is 35.5 Å². The molecule has 1 saturated heterocycles. The van der Waals surface area contributed by atoms with Crippen LogP contribution in [0.3, 0.4) is 0 Å². The lowest BCUT2D eigenvalue weighted by atomic mass is 9.73. The normalized spacial score (nSPS) is 21.4. The monoisotopic (exact) mass is 515 g/mol. The zero-order valence-electron chi connectivity index (χ0n) is 21.6. The summed E-state index contributed by atoms with van der Waals surface area (Å²) in [6, 6.07) is 10.9. The highest BCUT2D eigenvalue weighted by Crippen LogP contribution is 2.52. The van der Waals surface area contributed by atoms with Gasteiger partial charge >= 0.3 is 0 Å².